The summed E-state index contributed by atoms with van der Waals surface area (Å²) in [4.78, 5) is 2.69. The molecule has 1 aromatic rings. The van der Waals surface area contributed by atoms with Gasteiger partial charge in [-0.2, -0.15) is 0 Å². The van der Waals surface area contributed by atoms with Crippen molar-refractivity contribution in [1.82, 2.24) is 0 Å². The van der Waals surface area contributed by atoms with Crippen LogP contribution in [0.1, 0.15) is 17.5 Å². The molecule has 0 aliphatic rings. The number of aryl methyl sites for hydroxylation is 1. The Hall–Kier alpha value is -1.73. The highest BCUT2D eigenvalue weighted by atomic mass is 15.1. The molecule has 3 nitrogen and oxygen atoms in total. The summed E-state index contributed by atoms with van der Waals surface area (Å²) in [5, 5.41) is 3.45. The van der Waals surface area contributed by atoms with Gasteiger partial charge in [-0.1, -0.05) is 47.1 Å². The minimum Gasteiger partial charge on any atom is -0.0937 e. The molecule has 0 atom stereocenters. The normalized spacial score (nSPS) is 10.1. The highest BCUT2D eigenvalue weighted by Gasteiger charge is 1.86. The summed E-state index contributed by atoms with van der Waals surface area (Å²) in [6.45, 7) is 2.59. The highest BCUT2D eigenvalue weighted by Crippen LogP contribution is 2.06. The molecule has 0 aliphatic heterocycles. The Morgan fingerprint density at radius 2 is 2.36 bits per heavy atom. The molecule has 3 heteroatoms. The van der Waals surface area contributed by atoms with Crippen LogP contribution in [-0.2, 0) is 0 Å². The van der Waals surface area contributed by atoms with Gasteiger partial charge in [0.25, 0.3) is 0 Å². The number of hydrogen-bond donors (Lipinski definition) is 0. The summed E-state index contributed by atoms with van der Waals surface area (Å²) in [5.41, 5.74) is 10.5. The van der Waals surface area contributed by atoms with Crippen LogP contribution >= 0.6 is 0 Å². The van der Waals surface area contributed by atoms with Gasteiger partial charge in [0.2, 0.25) is 0 Å². The van der Waals surface area contributed by atoms with Gasteiger partial charge in [-0.05, 0) is 24.4 Å². The summed E-state index contributed by atoms with van der Waals surface area (Å²) in [7, 11) is 0. The number of benzene rings is 1. The molecule has 0 amide bonds. The van der Waals surface area contributed by atoms with Crippen molar-refractivity contribution < 1.29 is 0 Å². The fraction of sp³-hybridized carbons (Fsp3) is 0.273. The average molecular weight is 187 g/mol. The van der Waals surface area contributed by atoms with E-state index in [1.807, 2.05) is 18.2 Å². The van der Waals surface area contributed by atoms with Crippen molar-refractivity contribution in [2.24, 2.45) is 5.11 Å². The van der Waals surface area contributed by atoms with Crippen molar-refractivity contribution in [1.29, 1.82) is 0 Å². The molecule has 1 aromatic carbocycles. The Bertz CT molecular complexity index is 363. The van der Waals surface area contributed by atoms with Crippen molar-refractivity contribution in [3.63, 3.8) is 0 Å². The first-order valence-electron chi connectivity index (χ1n) is 4.57. The van der Waals surface area contributed by atoms with Gasteiger partial charge in [-0.15, -0.1) is 0 Å². The van der Waals surface area contributed by atoms with Gasteiger partial charge in [0.15, 0.2) is 0 Å². The van der Waals surface area contributed by atoms with E-state index in [0.29, 0.717) is 6.54 Å². The van der Waals surface area contributed by atoms with Crippen LogP contribution in [0.4, 0.5) is 0 Å². The molecule has 0 aromatic heterocycles. The second-order valence-corrected chi connectivity index (χ2v) is 3.06. The Kier molecular flexibility index (Phi) is 4.32. The second-order valence-electron chi connectivity index (χ2n) is 3.06. The monoisotopic (exact) mass is 187 g/mol. The molecule has 14 heavy (non-hydrogen) atoms. The number of hydrogen-bond acceptors (Lipinski definition) is 1. The molecular formula is C11H13N3. The summed E-state index contributed by atoms with van der Waals surface area (Å²) >= 11 is 0. The molecule has 0 saturated heterocycles. The predicted octanol–water partition coefficient (Wildman–Crippen LogP) is 3.71. The van der Waals surface area contributed by atoms with Crippen LogP contribution in [0.15, 0.2) is 35.5 Å². The maximum Gasteiger partial charge on any atom is 0.0292 e. The third-order valence-electron chi connectivity index (χ3n) is 1.81. The minimum absolute atomic E-state index is 0.527. The van der Waals surface area contributed by atoms with Crippen molar-refractivity contribution in [3.05, 3.63) is 51.9 Å². The van der Waals surface area contributed by atoms with E-state index in [1.54, 1.807) is 0 Å². The molecule has 0 radical (unpaired) electrons. The van der Waals surface area contributed by atoms with E-state index in [2.05, 4.69) is 35.1 Å². The number of azide groups is 1. The lowest BCUT2D eigenvalue weighted by molar-refractivity contribution is 0.995. The Labute approximate surface area is 83.7 Å². The van der Waals surface area contributed by atoms with Crippen LogP contribution in [-0.4, -0.2) is 6.54 Å². The molecule has 0 N–H and O–H groups in total. The summed E-state index contributed by atoms with van der Waals surface area (Å²) in [6, 6.07) is 8.26. The largest absolute Gasteiger partial charge is 0.0937 e. The van der Waals surface area contributed by atoms with E-state index in [1.165, 1.54) is 11.1 Å². The molecule has 1 rings (SSSR count). The third-order valence-corrected chi connectivity index (χ3v) is 1.81. The Morgan fingerprint density at radius 1 is 1.50 bits per heavy atom. The van der Waals surface area contributed by atoms with E-state index in [4.69, 9.17) is 5.53 Å². The van der Waals surface area contributed by atoms with Gasteiger partial charge >= 0.3 is 0 Å². The Morgan fingerprint density at radius 3 is 3.07 bits per heavy atom. The summed E-state index contributed by atoms with van der Waals surface area (Å²) in [6.07, 6.45) is 4.85. The Balaban J connectivity index is 2.47. The van der Waals surface area contributed by atoms with Crippen LogP contribution in [0, 0.1) is 6.92 Å². The lowest BCUT2D eigenvalue weighted by atomic mass is 10.1. The van der Waals surface area contributed by atoms with Gasteiger partial charge in [0, 0.05) is 11.5 Å². The van der Waals surface area contributed by atoms with E-state index in [-0.39, 0.29) is 0 Å². The van der Waals surface area contributed by atoms with Gasteiger partial charge in [-0.25, -0.2) is 0 Å². The van der Waals surface area contributed by atoms with E-state index in [0.717, 1.165) is 6.42 Å². The molecular weight excluding hydrogens is 174 g/mol. The maximum absolute atomic E-state index is 8.05. The topological polar surface area (TPSA) is 48.8 Å². The van der Waals surface area contributed by atoms with Crippen LogP contribution in [0.25, 0.3) is 16.5 Å². The molecule has 0 fully saturated rings. The second kappa shape index (κ2) is 5.84. The molecule has 0 spiro atoms. The number of rotatable bonds is 4. The van der Waals surface area contributed by atoms with Gasteiger partial charge < -0.3 is 0 Å². The zero-order valence-corrected chi connectivity index (χ0v) is 8.22. The van der Waals surface area contributed by atoms with Crippen molar-refractivity contribution in [3.8, 4) is 0 Å². The van der Waals surface area contributed by atoms with E-state index in [9.17, 15) is 0 Å². The van der Waals surface area contributed by atoms with E-state index >= 15 is 0 Å². The standard InChI is InChI=1S/C11H13N3/c1-10-5-4-7-11(9-10)6-2-3-8-13-14-12/h2,4-7,9H,3,8H2,1H3. The smallest absolute Gasteiger partial charge is 0.0292 e. The first-order chi connectivity index (χ1) is 6.83. The van der Waals surface area contributed by atoms with Crippen LogP contribution in [0.2, 0.25) is 0 Å². The van der Waals surface area contributed by atoms with Crippen molar-refractivity contribution in [2.75, 3.05) is 6.54 Å². The fourth-order valence-corrected chi connectivity index (χ4v) is 1.17. The zero-order chi connectivity index (χ0) is 10.2. The van der Waals surface area contributed by atoms with Crippen LogP contribution < -0.4 is 0 Å². The van der Waals surface area contributed by atoms with Crippen molar-refractivity contribution >= 4 is 6.08 Å². The van der Waals surface area contributed by atoms with Crippen LogP contribution in [0.5, 0.6) is 0 Å². The van der Waals surface area contributed by atoms with Gasteiger partial charge in [0.05, 0.1) is 0 Å². The molecule has 0 saturated carbocycles. The van der Waals surface area contributed by atoms with Crippen molar-refractivity contribution in [2.45, 2.75) is 13.3 Å². The molecule has 0 heterocycles. The molecule has 0 bridgehead atoms. The molecule has 0 unspecified atom stereocenters. The van der Waals surface area contributed by atoms with Gasteiger partial charge in [0.1, 0.15) is 0 Å². The first-order valence-corrected chi connectivity index (χ1v) is 4.57. The number of nitrogens with zero attached hydrogens (tertiary/aromatic N) is 3. The lowest BCUT2D eigenvalue weighted by Crippen LogP contribution is -1.76. The molecule has 72 valence electrons. The zero-order valence-electron chi connectivity index (χ0n) is 8.22. The summed E-state index contributed by atoms with van der Waals surface area (Å²) in [5.74, 6) is 0. The first kappa shape index (κ1) is 10.4. The van der Waals surface area contributed by atoms with Crippen LogP contribution in [0.3, 0.4) is 0 Å². The molecule has 0 aliphatic carbocycles. The fourth-order valence-electron chi connectivity index (χ4n) is 1.17. The average Bonchev–Trinajstić information content (AvgIpc) is 2.18. The highest BCUT2D eigenvalue weighted by molar-refractivity contribution is 5.49. The minimum atomic E-state index is 0.527. The van der Waals surface area contributed by atoms with Gasteiger partial charge in [-0.3, -0.25) is 0 Å². The third kappa shape index (κ3) is 3.78. The maximum atomic E-state index is 8.05. The summed E-state index contributed by atoms with van der Waals surface area (Å²) < 4.78 is 0. The predicted molar refractivity (Wildman–Crippen MR) is 58.8 cm³/mol. The lowest BCUT2D eigenvalue weighted by Gasteiger charge is -1.94. The quantitative estimate of drug-likeness (QED) is 0.298. The SMILES string of the molecule is Cc1cccc(C=CCCN=[N+]=[N-])c1. The van der Waals surface area contributed by atoms with E-state index < -0.39 is 0 Å².